The normalized spacial score (nSPS) is 39.7. The molecule has 100 valence electrons. The molecule has 2 rings (SSSR count). The van der Waals surface area contributed by atoms with Gasteiger partial charge in [-0.15, -0.1) is 0 Å². The van der Waals surface area contributed by atoms with Crippen LogP contribution in [0.1, 0.15) is 59.3 Å². The molecule has 0 aliphatic carbocycles. The molecule has 0 radical (unpaired) electrons. The van der Waals surface area contributed by atoms with Crippen molar-refractivity contribution in [2.45, 2.75) is 71.4 Å². The van der Waals surface area contributed by atoms with Crippen LogP contribution in [-0.4, -0.2) is 36.6 Å². The van der Waals surface area contributed by atoms with Crippen molar-refractivity contribution in [3.05, 3.63) is 0 Å². The Labute approximate surface area is 107 Å². The molecule has 17 heavy (non-hydrogen) atoms. The van der Waals surface area contributed by atoms with Crippen molar-refractivity contribution in [3.8, 4) is 0 Å². The highest BCUT2D eigenvalue weighted by molar-refractivity contribution is 4.93. The fourth-order valence-electron chi connectivity index (χ4n) is 3.93. The maximum Gasteiger partial charge on any atom is 0.00700 e. The lowest BCUT2D eigenvalue weighted by atomic mass is 9.80. The zero-order valence-electron chi connectivity index (χ0n) is 12.0. The van der Waals surface area contributed by atoms with Crippen LogP contribution in [0.5, 0.6) is 0 Å². The lowest BCUT2D eigenvalue weighted by molar-refractivity contribution is 0.0505. The summed E-state index contributed by atoms with van der Waals surface area (Å²) < 4.78 is 0. The molecule has 0 saturated carbocycles. The Morgan fingerprint density at radius 1 is 1.24 bits per heavy atom. The molecule has 2 heterocycles. The van der Waals surface area contributed by atoms with E-state index in [-0.39, 0.29) is 0 Å². The average molecular weight is 238 g/mol. The smallest absolute Gasteiger partial charge is 0.00700 e. The highest BCUT2D eigenvalue weighted by atomic mass is 15.2. The third kappa shape index (κ3) is 3.03. The summed E-state index contributed by atoms with van der Waals surface area (Å²) in [4.78, 5) is 2.80. The summed E-state index contributed by atoms with van der Waals surface area (Å²) >= 11 is 0. The monoisotopic (exact) mass is 238 g/mol. The fraction of sp³-hybridized carbons (Fsp3) is 1.00. The maximum atomic E-state index is 3.59. The van der Waals surface area contributed by atoms with Crippen LogP contribution in [0.2, 0.25) is 0 Å². The molecule has 2 heteroatoms. The number of hydrogen-bond donors (Lipinski definition) is 1. The van der Waals surface area contributed by atoms with Gasteiger partial charge in [-0.1, -0.05) is 19.8 Å². The molecule has 0 spiro atoms. The zero-order valence-corrected chi connectivity index (χ0v) is 12.0. The fourth-order valence-corrected chi connectivity index (χ4v) is 3.93. The lowest BCUT2D eigenvalue weighted by Crippen LogP contribution is -2.50. The van der Waals surface area contributed by atoms with Crippen LogP contribution < -0.4 is 5.32 Å². The molecule has 1 N–H and O–H groups in total. The van der Waals surface area contributed by atoms with Gasteiger partial charge in [0.15, 0.2) is 0 Å². The minimum atomic E-state index is 0.578. The van der Waals surface area contributed by atoms with E-state index in [1.807, 2.05) is 0 Å². The van der Waals surface area contributed by atoms with Gasteiger partial charge in [-0.3, -0.25) is 4.90 Å². The topological polar surface area (TPSA) is 15.3 Å². The van der Waals surface area contributed by atoms with Gasteiger partial charge in [0.25, 0.3) is 0 Å². The second kappa shape index (κ2) is 5.71. The highest BCUT2D eigenvalue weighted by Crippen LogP contribution is 2.35. The van der Waals surface area contributed by atoms with Gasteiger partial charge in [0.2, 0.25) is 0 Å². The first-order valence-electron chi connectivity index (χ1n) is 7.63. The van der Waals surface area contributed by atoms with E-state index >= 15 is 0 Å². The van der Waals surface area contributed by atoms with Crippen LogP contribution in [0, 0.1) is 5.41 Å². The van der Waals surface area contributed by atoms with E-state index in [1.54, 1.807) is 0 Å². The average Bonchev–Trinajstić information content (AvgIpc) is 2.73. The summed E-state index contributed by atoms with van der Waals surface area (Å²) in [6, 6.07) is 1.60. The van der Waals surface area contributed by atoms with E-state index in [9.17, 15) is 0 Å². The number of hydrogen-bond acceptors (Lipinski definition) is 2. The number of nitrogens with one attached hydrogen (secondary N) is 1. The minimum Gasteiger partial charge on any atom is -0.316 e. The molecular weight excluding hydrogens is 208 g/mol. The van der Waals surface area contributed by atoms with E-state index < -0.39 is 0 Å². The van der Waals surface area contributed by atoms with Crippen molar-refractivity contribution < 1.29 is 0 Å². The predicted octanol–water partition coefficient (Wildman–Crippen LogP) is 3.03. The molecule has 2 saturated heterocycles. The standard InChI is InChI=1S/C15H30N2/c1-4-8-15(9-10-16-11-15)12-17-13(2)6-5-7-14(17)3/h13-14,16H,4-12H2,1-3H3. The molecular formula is C15H30N2. The van der Waals surface area contributed by atoms with Crippen molar-refractivity contribution in [2.75, 3.05) is 19.6 Å². The molecule has 2 aliphatic rings. The van der Waals surface area contributed by atoms with Crippen molar-refractivity contribution in [2.24, 2.45) is 5.41 Å². The van der Waals surface area contributed by atoms with Gasteiger partial charge in [0.05, 0.1) is 0 Å². The minimum absolute atomic E-state index is 0.578. The highest BCUT2D eigenvalue weighted by Gasteiger charge is 2.37. The Hall–Kier alpha value is -0.0800. The Morgan fingerprint density at radius 2 is 1.94 bits per heavy atom. The molecule has 0 aromatic carbocycles. The zero-order chi connectivity index (χ0) is 12.3. The van der Waals surface area contributed by atoms with Gasteiger partial charge in [0, 0.05) is 25.2 Å². The third-order valence-electron chi connectivity index (χ3n) is 5.01. The molecule has 2 nitrogen and oxygen atoms in total. The van der Waals surface area contributed by atoms with Gasteiger partial charge in [-0.05, 0) is 51.5 Å². The Morgan fingerprint density at radius 3 is 2.47 bits per heavy atom. The number of piperidine rings is 1. The van der Waals surface area contributed by atoms with Crippen molar-refractivity contribution >= 4 is 0 Å². The SMILES string of the molecule is CCCC1(CN2C(C)CCCC2C)CCNC1. The van der Waals surface area contributed by atoms with Crippen molar-refractivity contribution in [1.29, 1.82) is 0 Å². The summed E-state index contributed by atoms with van der Waals surface area (Å²) in [7, 11) is 0. The number of likely N-dealkylation sites (tertiary alicyclic amines) is 1. The Bertz CT molecular complexity index is 223. The van der Waals surface area contributed by atoms with E-state index in [1.165, 1.54) is 58.2 Å². The van der Waals surface area contributed by atoms with Crippen LogP contribution in [0.4, 0.5) is 0 Å². The third-order valence-corrected chi connectivity index (χ3v) is 5.01. The molecule has 0 aromatic rings. The van der Waals surface area contributed by atoms with Gasteiger partial charge in [-0.25, -0.2) is 0 Å². The molecule has 0 aromatic heterocycles. The predicted molar refractivity (Wildman–Crippen MR) is 74.3 cm³/mol. The summed E-state index contributed by atoms with van der Waals surface area (Å²) in [5.74, 6) is 0. The first-order chi connectivity index (χ1) is 8.17. The van der Waals surface area contributed by atoms with Crippen LogP contribution in [-0.2, 0) is 0 Å². The molecule has 2 aliphatic heterocycles. The molecule has 3 unspecified atom stereocenters. The molecule has 3 atom stereocenters. The largest absolute Gasteiger partial charge is 0.316 e. The van der Waals surface area contributed by atoms with E-state index in [0.717, 1.165) is 12.1 Å². The summed E-state index contributed by atoms with van der Waals surface area (Å²) in [5.41, 5.74) is 0.578. The van der Waals surface area contributed by atoms with E-state index in [4.69, 9.17) is 0 Å². The summed E-state index contributed by atoms with van der Waals surface area (Å²) in [6.45, 7) is 11.0. The summed E-state index contributed by atoms with van der Waals surface area (Å²) in [6.07, 6.45) is 8.35. The van der Waals surface area contributed by atoms with Gasteiger partial charge in [-0.2, -0.15) is 0 Å². The van der Waals surface area contributed by atoms with Crippen molar-refractivity contribution in [1.82, 2.24) is 10.2 Å². The maximum absolute atomic E-state index is 3.59. The quantitative estimate of drug-likeness (QED) is 0.810. The van der Waals surface area contributed by atoms with E-state index in [0.29, 0.717) is 5.41 Å². The van der Waals surface area contributed by atoms with Crippen LogP contribution in [0.25, 0.3) is 0 Å². The number of rotatable bonds is 4. The van der Waals surface area contributed by atoms with Crippen molar-refractivity contribution in [3.63, 3.8) is 0 Å². The lowest BCUT2D eigenvalue weighted by Gasteiger charge is -2.44. The Kier molecular flexibility index (Phi) is 4.48. The summed E-state index contributed by atoms with van der Waals surface area (Å²) in [5, 5.41) is 3.59. The van der Waals surface area contributed by atoms with Crippen LogP contribution in [0.15, 0.2) is 0 Å². The molecule has 0 amide bonds. The van der Waals surface area contributed by atoms with Gasteiger partial charge >= 0.3 is 0 Å². The van der Waals surface area contributed by atoms with E-state index in [2.05, 4.69) is 31.0 Å². The van der Waals surface area contributed by atoms with Gasteiger partial charge < -0.3 is 5.32 Å². The molecule has 2 fully saturated rings. The Balaban J connectivity index is 2.00. The molecule has 0 bridgehead atoms. The first-order valence-corrected chi connectivity index (χ1v) is 7.63. The van der Waals surface area contributed by atoms with Crippen LogP contribution >= 0.6 is 0 Å². The number of nitrogens with zero attached hydrogens (tertiary/aromatic N) is 1. The second-order valence-electron chi connectivity index (χ2n) is 6.48. The second-order valence-corrected chi connectivity index (χ2v) is 6.48. The van der Waals surface area contributed by atoms with Gasteiger partial charge in [0.1, 0.15) is 0 Å². The van der Waals surface area contributed by atoms with Crippen LogP contribution in [0.3, 0.4) is 0 Å². The first kappa shape index (κ1) is 13.4.